The predicted octanol–water partition coefficient (Wildman–Crippen LogP) is 2.61. The van der Waals surface area contributed by atoms with E-state index in [0.29, 0.717) is 16.9 Å². The third-order valence-electron chi connectivity index (χ3n) is 6.22. The molecule has 2 aliphatic rings. The smallest absolute Gasteiger partial charge is 0.151 e. The quantitative estimate of drug-likeness (QED) is 0.845. The topological polar surface area (TPSA) is 46.2 Å². The molecule has 0 aliphatic heterocycles. The standard InChI is InChI=1S/C15H29NO2S/c1-6-19(17,18)10-11(2)16-13-9-12-7-8-15(13,5)14(12,3)4/h11-13,16H,6-10H2,1-5H3. The molecule has 4 unspecified atom stereocenters. The molecule has 0 radical (unpaired) electrons. The van der Waals surface area contributed by atoms with Crippen LogP contribution in [0.25, 0.3) is 0 Å². The second-order valence-corrected chi connectivity index (χ2v) is 9.83. The molecule has 0 aromatic heterocycles. The Balaban J connectivity index is 2.02. The molecule has 4 heteroatoms. The fourth-order valence-corrected chi connectivity index (χ4v) is 5.44. The minimum absolute atomic E-state index is 0.0573. The van der Waals surface area contributed by atoms with Gasteiger partial charge in [-0.15, -0.1) is 0 Å². The summed E-state index contributed by atoms with van der Waals surface area (Å²) in [5, 5.41) is 3.62. The maximum Gasteiger partial charge on any atom is 0.151 e. The summed E-state index contributed by atoms with van der Waals surface area (Å²) < 4.78 is 23.4. The van der Waals surface area contributed by atoms with E-state index in [2.05, 4.69) is 26.1 Å². The molecule has 2 rings (SSSR count). The number of sulfone groups is 1. The first kappa shape index (κ1) is 15.3. The van der Waals surface area contributed by atoms with Crippen molar-refractivity contribution < 1.29 is 8.42 Å². The van der Waals surface area contributed by atoms with Gasteiger partial charge in [-0.1, -0.05) is 27.7 Å². The Morgan fingerprint density at radius 1 is 1.32 bits per heavy atom. The van der Waals surface area contributed by atoms with Crippen LogP contribution in [-0.4, -0.2) is 32.0 Å². The lowest BCUT2D eigenvalue weighted by Gasteiger charge is -2.40. The molecule has 0 heterocycles. The molecule has 0 saturated heterocycles. The molecule has 2 fully saturated rings. The van der Waals surface area contributed by atoms with Crippen molar-refractivity contribution in [2.75, 3.05) is 11.5 Å². The summed E-state index contributed by atoms with van der Waals surface area (Å²) in [5.41, 5.74) is 0.704. The first-order chi connectivity index (χ1) is 8.62. The summed E-state index contributed by atoms with van der Waals surface area (Å²) in [6.07, 6.45) is 3.82. The Morgan fingerprint density at radius 2 is 1.95 bits per heavy atom. The van der Waals surface area contributed by atoms with Crippen LogP contribution in [0.5, 0.6) is 0 Å². The van der Waals surface area contributed by atoms with Gasteiger partial charge in [-0.3, -0.25) is 0 Å². The Hall–Kier alpha value is -0.0900. The molecule has 4 atom stereocenters. The van der Waals surface area contributed by atoms with Gasteiger partial charge in [-0.2, -0.15) is 0 Å². The zero-order valence-corrected chi connectivity index (χ0v) is 13.8. The largest absolute Gasteiger partial charge is 0.310 e. The summed E-state index contributed by atoms with van der Waals surface area (Å²) in [7, 11) is -2.88. The molecule has 112 valence electrons. The van der Waals surface area contributed by atoms with Gasteiger partial charge in [-0.05, 0) is 42.9 Å². The number of hydrogen-bond acceptors (Lipinski definition) is 3. The molecule has 0 aromatic rings. The fraction of sp³-hybridized carbons (Fsp3) is 1.00. The highest BCUT2D eigenvalue weighted by atomic mass is 32.2. The summed E-state index contributed by atoms with van der Waals surface area (Å²) in [6, 6.07) is 0.533. The van der Waals surface area contributed by atoms with Crippen LogP contribution in [0.2, 0.25) is 0 Å². The number of hydrogen-bond donors (Lipinski definition) is 1. The fourth-order valence-electron chi connectivity index (χ4n) is 4.35. The van der Waals surface area contributed by atoms with Gasteiger partial charge in [0.05, 0.1) is 5.75 Å². The van der Waals surface area contributed by atoms with Gasteiger partial charge in [-0.25, -0.2) is 8.42 Å². The van der Waals surface area contributed by atoms with E-state index in [9.17, 15) is 8.42 Å². The molecule has 0 aromatic carbocycles. The highest BCUT2D eigenvalue weighted by Crippen LogP contribution is 2.65. The highest BCUT2D eigenvalue weighted by molar-refractivity contribution is 7.91. The summed E-state index contributed by atoms with van der Waals surface area (Å²) in [4.78, 5) is 0. The van der Waals surface area contributed by atoms with Crippen LogP contribution in [0.3, 0.4) is 0 Å². The lowest BCUT2D eigenvalue weighted by Crippen LogP contribution is -2.49. The van der Waals surface area contributed by atoms with Gasteiger partial charge in [0, 0.05) is 17.8 Å². The van der Waals surface area contributed by atoms with Crippen molar-refractivity contribution in [3.63, 3.8) is 0 Å². The molecule has 1 N–H and O–H groups in total. The summed E-state index contributed by atoms with van der Waals surface area (Å²) in [6.45, 7) is 10.9. The molecule has 2 aliphatic carbocycles. The lowest BCUT2D eigenvalue weighted by atomic mass is 9.69. The lowest BCUT2D eigenvalue weighted by molar-refractivity contribution is 0.117. The van der Waals surface area contributed by atoms with Crippen LogP contribution in [0.15, 0.2) is 0 Å². The zero-order valence-electron chi connectivity index (χ0n) is 13.0. The van der Waals surface area contributed by atoms with Crippen LogP contribution < -0.4 is 5.32 Å². The molecule has 19 heavy (non-hydrogen) atoms. The zero-order chi connectivity index (χ0) is 14.5. The SMILES string of the molecule is CCS(=O)(=O)CC(C)NC1CC2CCC1(C)C2(C)C. The van der Waals surface area contributed by atoms with E-state index in [1.165, 1.54) is 19.3 Å². The van der Waals surface area contributed by atoms with E-state index < -0.39 is 9.84 Å². The number of nitrogens with one attached hydrogen (secondary N) is 1. The van der Waals surface area contributed by atoms with Gasteiger partial charge < -0.3 is 5.32 Å². The third kappa shape index (κ3) is 2.46. The van der Waals surface area contributed by atoms with Crippen LogP contribution in [-0.2, 0) is 9.84 Å². The number of fused-ring (bicyclic) bond motifs is 2. The average molecular weight is 287 g/mol. The van der Waals surface area contributed by atoms with Crippen LogP contribution in [0.1, 0.15) is 53.9 Å². The molecule has 2 bridgehead atoms. The van der Waals surface area contributed by atoms with Gasteiger partial charge >= 0.3 is 0 Å². The summed E-state index contributed by atoms with van der Waals surface area (Å²) in [5.74, 6) is 1.31. The van der Waals surface area contributed by atoms with Crippen molar-refractivity contribution in [1.29, 1.82) is 0 Å². The first-order valence-electron chi connectivity index (χ1n) is 7.59. The second-order valence-electron chi connectivity index (χ2n) is 7.43. The van der Waals surface area contributed by atoms with Gasteiger partial charge in [0.2, 0.25) is 0 Å². The van der Waals surface area contributed by atoms with Gasteiger partial charge in [0.15, 0.2) is 9.84 Å². The van der Waals surface area contributed by atoms with E-state index in [1.54, 1.807) is 6.92 Å². The molecule has 3 nitrogen and oxygen atoms in total. The predicted molar refractivity (Wildman–Crippen MR) is 79.9 cm³/mol. The van der Waals surface area contributed by atoms with Crippen molar-refractivity contribution in [2.45, 2.75) is 66.0 Å². The first-order valence-corrected chi connectivity index (χ1v) is 9.41. The van der Waals surface area contributed by atoms with Crippen LogP contribution >= 0.6 is 0 Å². The van der Waals surface area contributed by atoms with E-state index in [-0.39, 0.29) is 17.5 Å². The van der Waals surface area contributed by atoms with Crippen molar-refractivity contribution in [3.05, 3.63) is 0 Å². The minimum Gasteiger partial charge on any atom is -0.310 e. The highest BCUT2D eigenvalue weighted by Gasteiger charge is 2.61. The maximum atomic E-state index is 11.7. The van der Waals surface area contributed by atoms with E-state index in [4.69, 9.17) is 0 Å². The van der Waals surface area contributed by atoms with E-state index >= 15 is 0 Å². The summed E-state index contributed by atoms with van der Waals surface area (Å²) >= 11 is 0. The second kappa shape index (κ2) is 4.73. The molecule has 2 saturated carbocycles. The van der Waals surface area contributed by atoms with Gasteiger partial charge in [0.25, 0.3) is 0 Å². The molecule has 0 amide bonds. The van der Waals surface area contributed by atoms with Crippen molar-refractivity contribution in [2.24, 2.45) is 16.7 Å². The molecular weight excluding hydrogens is 258 g/mol. The van der Waals surface area contributed by atoms with E-state index in [1.807, 2.05) is 6.92 Å². The molecule has 0 spiro atoms. The van der Waals surface area contributed by atoms with Crippen molar-refractivity contribution in [3.8, 4) is 0 Å². The Morgan fingerprint density at radius 3 is 2.37 bits per heavy atom. The Bertz CT molecular complexity index is 443. The molecular formula is C15H29NO2S. The number of rotatable bonds is 5. The average Bonchev–Trinajstić information content (AvgIpc) is 2.61. The normalized spacial score (nSPS) is 38.6. The Labute approximate surface area is 118 Å². The minimum atomic E-state index is -2.88. The van der Waals surface area contributed by atoms with E-state index in [0.717, 1.165) is 5.92 Å². The van der Waals surface area contributed by atoms with Crippen LogP contribution in [0, 0.1) is 16.7 Å². The van der Waals surface area contributed by atoms with Crippen molar-refractivity contribution >= 4 is 9.84 Å². The van der Waals surface area contributed by atoms with Gasteiger partial charge in [0.1, 0.15) is 0 Å². The third-order valence-corrected chi connectivity index (χ3v) is 8.11. The maximum absolute atomic E-state index is 11.7. The Kier molecular flexibility index (Phi) is 3.81. The van der Waals surface area contributed by atoms with Crippen LogP contribution in [0.4, 0.5) is 0 Å². The van der Waals surface area contributed by atoms with Crippen molar-refractivity contribution in [1.82, 2.24) is 5.32 Å². The monoisotopic (exact) mass is 287 g/mol.